The Labute approximate surface area is 755 Å². The molecule has 47 aromatic rings. The third kappa shape index (κ3) is 16.1. The summed E-state index contributed by atoms with van der Waals surface area (Å²) in [5.41, 5.74) is 20.6. The van der Waals surface area contributed by atoms with Gasteiger partial charge in [-0.3, -0.25) is 0 Å². The average molecular weight is 1970 g/mol. The first-order chi connectivity index (χ1) is 61.0. The zero-order chi connectivity index (χ0) is 83.1. The van der Waals surface area contributed by atoms with Gasteiger partial charge in [-0.15, -0.1) is 70.3 Å². The largest absolute Gasteiger partial charge is 3.00 e. The van der Waals surface area contributed by atoms with E-state index in [-0.39, 0.29) is 40.2 Å². The predicted molar refractivity (Wildman–Crippen MR) is 519 cm³/mol. The number of hydrogen-bond donors (Lipinski definition) is 0. The summed E-state index contributed by atoms with van der Waals surface area (Å²) in [6.45, 7) is 8.57. The average Bonchev–Trinajstić information content (AvgIpc) is 1.31. The SMILES string of the molecule is Cc1cc(C)cc(-c2ccccc2-c2ccc(-c3[c-]cc(-c4ccccc4-c4cc(C)cc(C)c4)nc3)nc2)c1.[Ir+3].[Ir].[c-]1cc2ncc1c1ccc(cn1)c1ccccc1c1cc3cc(c1)c1ccccc1c1ccc(nc1)c1[c-]cc(nc1)c1ccccc1c1cc(cc(c1)c1ccccc1c1c[c-]c(cn1)c1ccc(cn1)c1ccccc31)c1ccccc21. The van der Waals surface area contributed by atoms with Gasteiger partial charge in [-0.05, 0) is 261 Å². The van der Waals surface area contributed by atoms with Crippen LogP contribution in [0.1, 0.15) is 22.3 Å². The summed E-state index contributed by atoms with van der Waals surface area (Å²) in [5.74, 6) is 0. The molecule has 0 N–H and O–H groups in total. The number of rotatable bonds is 5. The Hall–Kier alpha value is -14.9. The van der Waals surface area contributed by atoms with Crippen molar-refractivity contribution in [1.29, 1.82) is 0 Å². The topological polar surface area (TPSA) is 103 Å². The van der Waals surface area contributed by atoms with E-state index in [9.17, 15) is 0 Å². The van der Waals surface area contributed by atoms with Gasteiger partial charge >= 0.3 is 20.1 Å². The molecular formula is C116H76Ir2N8-. The first-order valence-corrected chi connectivity index (χ1v) is 41.7. The number of benzene rings is 12. The van der Waals surface area contributed by atoms with E-state index in [2.05, 4.69) is 367 Å². The molecule has 8 nitrogen and oxygen atoms in total. The molecule has 1 radical (unpaired) electrons. The molecule has 0 aliphatic carbocycles. The summed E-state index contributed by atoms with van der Waals surface area (Å²) in [6, 6.07) is 134. The smallest absolute Gasteiger partial charge is 0.352 e. The van der Waals surface area contributed by atoms with Crippen molar-refractivity contribution in [3.8, 4) is 55.9 Å². The van der Waals surface area contributed by atoms with Gasteiger partial charge in [0.05, 0.1) is 0 Å². The molecule has 0 atom stereocenters. The first kappa shape index (κ1) is 80.8. The molecular weight excluding hydrogens is 1890 g/mol. The Kier molecular flexibility index (Phi) is 22.6. The van der Waals surface area contributed by atoms with Crippen LogP contribution in [0.15, 0.2) is 389 Å². The fraction of sp³-hybridized carbons (Fsp3) is 0.0345. The van der Waals surface area contributed by atoms with Crippen molar-refractivity contribution in [2.24, 2.45) is 0 Å². The van der Waals surface area contributed by atoms with Crippen molar-refractivity contribution in [2.45, 2.75) is 27.7 Å². The van der Waals surface area contributed by atoms with Gasteiger partial charge in [0.2, 0.25) is 0 Å². The third-order valence-corrected chi connectivity index (χ3v) is 23.5. The Morgan fingerprint density at radius 2 is 0.468 bits per heavy atom. The minimum atomic E-state index is 0. The van der Waals surface area contributed by atoms with Crippen LogP contribution >= 0.6 is 0 Å². The van der Waals surface area contributed by atoms with Crippen molar-refractivity contribution in [3.63, 3.8) is 0 Å². The van der Waals surface area contributed by atoms with E-state index in [1.54, 1.807) is 0 Å². The molecule has 0 unspecified atom stereocenters. The third-order valence-electron chi connectivity index (χ3n) is 23.5. The van der Waals surface area contributed by atoms with Gasteiger partial charge in [0.25, 0.3) is 0 Å². The van der Waals surface area contributed by atoms with E-state index in [0.717, 1.165) is 190 Å². The van der Waals surface area contributed by atoms with Crippen molar-refractivity contribution in [1.82, 2.24) is 39.9 Å². The van der Waals surface area contributed by atoms with Crippen molar-refractivity contribution < 1.29 is 40.2 Å². The molecule has 126 heavy (non-hydrogen) atoms. The molecule has 0 saturated carbocycles. The molecule has 0 aliphatic rings. The number of aryl methyl sites for hydroxylation is 4. The van der Waals surface area contributed by atoms with Gasteiger partial charge in [-0.2, -0.15) is 0 Å². The quantitative estimate of drug-likeness (QED) is 0.157. The van der Waals surface area contributed by atoms with Crippen molar-refractivity contribution in [2.75, 3.05) is 0 Å². The molecule has 18 bridgehead atoms. The number of pyridine rings is 8. The van der Waals surface area contributed by atoms with Crippen LogP contribution in [0.2, 0.25) is 0 Å². The van der Waals surface area contributed by atoms with E-state index in [1.165, 1.54) is 50.1 Å². The first-order valence-electron chi connectivity index (χ1n) is 41.7. The van der Waals surface area contributed by atoms with E-state index in [0.29, 0.717) is 0 Å². The molecule has 599 valence electrons. The number of hydrogen-bond acceptors (Lipinski definition) is 8. The van der Waals surface area contributed by atoms with E-state index in [4.69, 9.17) is 39.9 Å². The zero-order valence-electron chi connectivity index (χ0n) is 69.2. The maximum absolute atomic E-state index is 5.14. The fourth-order valence-corrected chi connectivity index (χ4v) is 17.6. The van der Waals surface area contributed by atoms with E-state index < -0.39 is 0 Å². The molecule has 10 heteroatoms. The monoisotopic (exact) mass is 1970 g/mol. The normalized spacial score (nSPS) is 11.2. The molecule has 32 aromatic heterocycles. The number of nitrogens with zero attached hydrogens (tertiary/aromatic N) is 8. The zero-order valence-corrected chi connectivity index (χ0v) is 74.0. The van der Waals surface area contributed by atoms with Gasteiger partial charge in [0.15, 0.2) is 0 Å². The summed E-state index contributed by atoms with van der Waals surface area (Å²) in [6.07, 6.45) is 15.4. The van der Waals surface area contributed by atoms with Crippen molar-refractivity contribution in [3.05, 3.63) is 436 Å². The minimum Gasteiger partial charge on any atom is -0.352 e. The van der Waals surface area contributed by atoms with Crippen LogP contribution in [0.3, 0.4) is 0 Å². The summed E-state index contributed by atoms with van der Waals surface area (Å²) < 4.78 is 0. The molecule has 47 rings (SSSR count). The fourth-order valence-electron chi connectivity index (χ4n) is 17.6. The summed E-state index contributed by atoms with van der Waals surface area (Å²) >= 11 is 0. The predicted octanol–water partition coefficient (Wildman–Crippen LogP) is 29.7. The second-order valence-corrected chi connectivity index (χ2v) is 31.8. The van der Waals surface area contributed by atoms with Gasteiger partial charge in [-0.25, -0.2) is 0 Å². The van der Waals surface area contributed by atoms with Gasteiger partial charge < -0.3 is 39.9 Å². The van der Waals surface area contributed by atoms with Crippen LogP contribution in [-0.2, 0) is 40.2 Å². The maximum atomic E-state index is 5.14. The van der Waals surface area contributed by atoms with Crippen LogP contribution < -0.4 is 0 Å². The van der Waals surface area contributed by atoms with Gasteiger partial charge in [0, 0.05) is 44.9 Å². The van der Waals surface area contributed by atoms with Crippen LogP contribution in [-0.4, -0.2) is 39.9 Å². The van der Waals surface area contributed by atoms with Crippen LogP contribution in [0, 0.1) is 52.0 Å². The number of aromatic nitrogens is 8. The molecule has 15 aromatic carbocycles. The second-order valence-electron chi connectivity index (χ2n) is 31.8. The van der Waals surface area contributed by atoms with Crippen LogP contribution in [0.5, 0.6) is 0 Å². The molecule has 0 amide bonds. The van der Waals surface area contributed by atoms with E-state index in [1.807, 2.05) is 73.8 Å². The maximum Gasteiger partial charge on any atom is 3.00 e. The van der Waals surface area contributed by atoms with Crippen LogP contribution in [0.4, 0.5) is 0 Å². The molecule has 0 spiro atoms. The molecule has 0 aliphatic heterocycles. The molecule has 0 saturated heterocycles. The summed E-state index contributed by atoms with van der Waals surface area (Å²) in [7, 11) is 0. The second kappa shape index (κ2) is 35.2. The Bertz CT molecular complexity index is 7250. The minimum absolute atomic E-state index is 0. The van der Waals surface area contributed by atoms with Gasteiger partial charge in [-0.1, -0.05) is 326 Å². The van der Waals surface area contributed by atoms with E-state index >= 15 is 0 Å². The van der Waals surface area contributed by atoms with Crippen LogP contribution in [0.25, 0.3) is 218 Å². The molecule has 32 heterocycles. The van der Waals surface area contributed by atoms with Crippen molar-refractivity contribution >= 4 is 162 Å². The Morgan fingerprint density at radius 3 is 0.754 bits per heavy atom. The summed E-state index contributed by atoms with van der Waals surface area (Å²) in [5, 5.41) is 24.1. The Morgan fingerprint density at radius 1 is 0.190 bits per heavy atom. The Balaban J connectivity index is 0.000000207. The summed E-state index contributed by atoms with van der Waals surface area (Å²) in [4.78, 5) is 40.4. The molecule has 0 fully saturated rings. The standard InChI is InChI=1S/C78H45N6.C38H31N2.2Ir/c1-4-16-64-55-37-56-39-57(38-55)66-18-6-3-15-63(66)51-27-33-75(81-45-51)54-30-36-78(84-48-54)72-24-12-9-21-69(72)60-41-58(67-19-7-10-22-70(67)76-34-28-52(46-82-76)73-31-25-49(43-79-73)61(64)13-1)40-59(42-60)68-20-8-11-23-71(68)77-35-29-53(47-83-77)74-32-26-50(44-80-74)62-14-2-5-17-65(56)62;1-25-17-26(2)20-31(19-25)34-10-6-5-9-33(34)29-13-15-37(39-23-29)30-14-16-38(40-24-30)36-12-8-7-11-35(36)32-21-27(3)18-28(4)22-32;;/h1-27,31-48H;5-13,15-24H,1-4H3;;/q-3;-1;;+3. The van der Waals surface area contributed by atoms with Gasteiger partial charge in [0.1, 0.15) is 0 Å².